The number of pyridine rings is 1. The highest BCUT2D eigenvalue weighted by atomic mass is 32.2. The van der Waals surface area contributed by atoms with E-state index in [1.165, 1.54) is 16.6 Å². The van der Waals surface area contributed by atoms with Crippen molar-refractivity contribution >= 4 is 15.8 Å². The fourth-order valence-electron chi connectivity index (χ4n) is 1.82. The van der Waals surface area contributed by atoms with Crippen LogP contribution in [0.3, 0.4) is 0 Å². The van der Waals surface area contributed by atoms with E-state index in [9.17, 15) is 8.42 Å². The molecule has 7 heteroatoms. The molecule has 0 radical (unpaired) electrons. The van der Waals surface area contributed by atoms with E-state index in [1.807, 2.05) is 6.92 Å². The van der Waals surface area contributed by atoms with Crippen molar-refractivity contribution in [3.8, 4) is 0 Å². The van der Waals surface area contributed by atoms with E-state index in [1.54, 1.807) is 6.07 Å². The second kappa shape index (κ2) is 4.59. The summed E-state index contributed by atoms with van der Waals surface area (Å²) < 4.78 is 26.3. The van der Waals surface area contributed by atoms with Crippen LogP contribution in [0.15, 0.2) is 23.2 Å². The van der Waals surface area contributed by atoms with Crippen LogP contribution in [-0.2, 0) is 10.0 Å². The van der Waals surface area contributed by atoms with E-state index in [2.05, 4.69) is 10.4 Å². The predicted octanol–water partition coefficient (Wildman–Crippen LogP) is 0.540. The van der Waals surface area contributed by atoms with Gasteiger partial charge in [0.05, 0.1) is 0 Å². The van der Waals surface area contributed by atoms with Crippen molar-refractivity contribution in [2.45, 2.75) is 30.7 Å². The van der Waals surface area contributed by atoms with E-state index >= 15 is 0 Å². The van der Waals surface area contributed by atoms with Crippen molar-refractivity contribution in [1.82, 2.24) is 9.29 Å². The Morgan fingerprint density at radius 2 is 2.29 bits per heavy atom. The molecule has 1 aliphatic carbocycles. The Labute approximate surface area is 101 Å². The van der Waals surface area contributed by atoms with Gasteiger partial charge in [0.25, 0.3) is 0 Å². The maximum absolute atomic E-state index is 12.4. The largest absolute Gasteiger partial charge is 0.307 e. The van der Waals surface area contributed by atoms with E-state index in [0.717, 1.165) is 12.8 Å². The Morgan fingerprint density at radius 3 is 2.82 bits per heavy atom. The fourth-order valence-corrected chi connectivity index (χ4v) is 3.62. The monoisotopic (exact) mass is 256 g/mol. The molecule has 1 aromatic rings. The topological polar surface area (TPSA) is 88.3 Å². The Bertz CT molecular complexity index is 499. The van der Waals surface area contributed by atoms with Crippen LogP contribution >= 0.6 is 0 Å². The maximum Gasteiger partial charge on any atom is 0.247 e. The Kier molecular flexibility index (Phi) is 3.32. The standard InChI is InChI=1S/C10H16N4O2S/c1-2-14(8-5-6-8)17(15,16)9-4-3-7-12-10(9)13-11/h3-4,7-8H,2,5-6,11H2,1H3,(H,12,13). The van der Waals surface area contributed by atoms with E-state index < -0.39 is 10.0 Å². The molecule has 1 fully saturated rings. The van der Waals surface area contributed by atoms with Gasteiger partial charge in [0.1, 0.15) is 4.90 Å². The molecular formula is C10H16N4O2S. The SMILES string of the molecule is CCN(C1CC1)S(=O)(=O)c1cccnc1NN. The molecule has 1 aromatic heterocycles. The van der Waals surface area contributed by atoms with Gasteiger partial charge in [-0.2, -0.15) is 4.31 Å². The minimum atomic E-state index is -3.50. The number of aromatic nitrogens is 1. The quantitative estimate of drug-likeness (QED) is 0.593. The van der Waals surface area contributed by atoms with Gasteiger partial charge >= 0.3 is 0 Å². The highest BCUT2D eigenvalue weighted by Crippen LogP contribution is 2.33. The lowest BCUT2D eigenvalue weighted by Gasteiger charge is -2.20. The molecule has 0 atom stereocenters. The number of sulfonamides is 1. The number of nitrogens with two attached hydrogens (primary N) is 1. The summed E-state index contributed by atoms with van der Waals surface area (Å²) >= 11 is 0. The van der Waals surface area contributed by atoms with Gasteiger partial charge < -0.3 is 5.43 Å². The first-order chi connectivity index (χ1) is 8.11. The lowest BCUT2D eigenvalue weighted by atomic mass is 10.5. The number of nitrogens with one attached hydrogen (secondary N) is 1. The minimum absolute atomic E-state index is 0.135. The molecule has 0 saturated heterocycles. The van der Waals surface area contributed by atoms with Gasteiger partial charge in [-0.15, -0.1) is 0 Å². The van der Waals surface area contributed by atoms with Crippen molar-refractivity contribution in [2.24, 2.45) is 5.84 Å². The molecule has 0 unspecified atom stereocenters. The number of nitrogens with zero attached hydrogens (tertiary/aromatic N) is 2. The first kappa shape index (κ1) is 12.3. The van der Waals surface area contributed by atoms with E-state index in [4.69, 9.17) is 5.84 Å². The summed E-state index contributed by atoms with van der Waals surface area (Å²) in [5.74, 6) is 5.47. The number of nitrogen functional groups attached to an aromatic ring is 1. The van der Waals surface area contributed by atoms with Gasteiger partial charge in [0.15, 0.2) is 5.82 Å². The second-order valence-electron chi connectivity index (χ2n) is 3.93. The number of rotatable bonds is 5. The minimum Gasteiger partial charge on any atom is -0.307 e. The van der Waals surface area contributed by atoms with Gasteiger partial charge in [-0.25, -0.2) is 19.2 Å². The van der Waals surface area contributed by atoms with Crippen LogP contribution in [0.2, 0.25) is 0 Å². The van der Waals surface area contributed by atoms with Crippen LogP contribution in [0.1, 0.15) is 19.8 Å². The molecular weight excluding hydrogens is 240 g/mol. The van der Waals surface area contributed by atoms with Crippen LogP contribution in [0.5, 0.6) is 0 Å². The summed E-state index contributed by atoms with van der Waals surface area (Å²) in [6, 6.07) is 3.24. The van der Waals surface area contributed by atoms with Gasteiger partial charge in [-0.1, -0.05) is 6.92 Å². The highest BCUT2D eigenvalue weighted by molar-refractivity contribution is 7.89. The molecule has 1 saturated carbocycles. The van der Waals surface area contributed by atoms with Crippen molar-refractivity contribution in [3.05, 3.63) is 18.3 Å². The molecule has 1 aliphatic rings. The first-order valence-corrected chi connectivity index (χ1v) is 6.98. The molecule has 2 rings (SSSR count). The van der Waals surface area contributed by atoms with Gasteiger partial charge in [-0.05, 0) is 25.0 Å². The number of hydrazine groups is 1. The third kappa shape index (κ3) is 2.26. The zero-order valence-corrected chi connectivity index (χ0v) is 10.4. The normalized spacial score (nSPS) is 16.2. The first-order valence-electron chi connectivity index (χ1n) is 5.54. The average molecular weight is 256 g/mol. The smallest absolute Gasteiger partial charge is 0.247 e. The summed E-state index contributed by atoms with van der Waals surface area (Å²) in [5.41, 5.74) is 2.32. The maximum atomic E-state index is 12.4. The lowest BCUT2D eigenvalue weighted by molar-refractivity contribution is 0.421. The molecule has 0 spiro atoms. The third-order valence-electron chi connectivity index (χ3n) is 2.76. The fraction of sp³-hybridized carbons (Fsp3) is 0.500. The molecule has 0 aliphatic heterocycles. The van der Waals surface area contributed by atoms with Gasteiger partial charge in [-0.3, -0.25) is 0 Å². The number of anilines is 1. The highest BCUT2D eigenvalue weighted by Gasteiger charge is 2.38. The summed E-state index contributed by atoms with van der Waals surface area (Å²) in [6.07, 6.45) is 3.36. The zero-order valence-electron chi connectivity index (χ0n) is 9.63. The molecule has 1 heterocycles. The summed E-state index contributed by atoms with van der Waals surface area (Å²) in [4.78, 5) is 4.05. The Morgan fingerprint density at radius 1 is 1.59 bits per heavy atom. The molecule has 0 amide bonds. The van der Waals surface area contributed by atoms with Crippen LogP contribution in [-0.4, -0.2) is 30.3 Å². The summed E-state index contributed by atoms with van der Waals surface area (Å²) in [5, 5.41) is 0. The Hall–Kier alpha value is -1.18. The van der Waals surface area contributed by atoms with Crippen molar-refractivity contribution in [3.63, 3.8) is 0 Å². The molecule has 3 N–H and O–H groups in total. The molecule has 94 valence electrons. The van der Waals surface area contributed by atoms with Crippen molar-refractivity contribution in [1.29, 1.82) is 0 Å². The van der Waals surface area contributed by atoms with Crippen LogP contribution in [0.25, 0.3) is 0 Å². The van der Waals surface area contributed by atoms with Crippen molar-refractivity contribution < 1.29 is 8.42 Å². The summed E-state index contributed by atoms with van der Waals surface area (Å²) in [7, 11) is -3.50. The van der Waals surface area contributed by atoms with Crippen molar-refractivity contribution in [2.75, 3.05) is 12.0 Å². The summed E-state index contributed by atoms with van der Waals surface area (Å²) in [6.45, 7) is 2.30. The molecule has 0 bridgehead atoms. The van der Waals surface area contributed by atoms with Crippen LogP contribution in [0, 0.1) is 0 Å². The molecule has 17 heavy (non-hydrogen) atoms. The molecule has 0 aromatic carbocycles. The molecule has 6 nitrogen and oxygen atoms in total. The van der Waals surface area contributed by atoms with Gasteiger partial charge in [0, 0.05) is 18.8 Å². The predicted molar refractivity (Wildman–Crippen MR) is 64.6 cm³/mol. The van der Waals surface area contributed by atoms with Gasteiger partial charge in [0.2, 0.25) is 10.0 Å². The second-order valence-corrected chi connectivity index (χ2v) is 5.79. The number of hydrogen-bond acceptors (Lipinski definition) is 5. The number of hydrogen-bond donors (Lipinski definition) is 2. The zero-order chi connectivity index (χ0) is 12.5. The van der Waals surface area contributed by atoms with E-state index in [-0.39, 0.29) is 16.8 Å². The van der Waals surface area contributed by atoms with Crippen LogP contribution < -0.4 is 11.3 Å². The van der Waals surface area contributed by atoms with E-state index in [0.29, 0.717) is 6.54 Å². The average Bonchev–Trinajstić information content (AvgIpc) is 3.14. The lowest BCUT2D eigenvalue weighted by Crippen LogP contribution is -2.33. The third-order valence-corrected chi connectivity index (χ3v) is 4.82. The Balaban J connectivity index is 2.42. The van der Waals surface area contributed by atoms with Crippen LogP contribution in [0.4, 0.5) is 5.82 Å².